The fourth-order valence-electron chi connectivity index (χ4n) is 2.17. The van der Waals surface area contributed by atoms with Crippen molar-refractivity contribution in [2.75, 3.05) is 6.54 Å². The molecule has 7 nitrogen and oxygen atoms in total. The van der Waals surface area contributed by atoms with Crippen LogP contribution in [0.15, 0.2) is 36.5 Å². The first-order valence-electron chi connectivity index (χ1n) is 6.78. The third kappa shape index (κ3) is 3.07. The number of nitrogens with zero attached hydrogens (tertiary/aromatic N) is 3. The molecule has 0 saturated carbocycles. The molecule has 21 heavy (non-hydrogen) atoms. The molecular formula is C14H15N5O2. The Balaban J connectivity index is 1.66. The number of hydrogen-bond acceptors (Lipinski definition) is 4. The molecule has 0 bridgehead atoms. The van der Waals surface area contributed by atoms with E-state index in [1.54, 1.807) is 0 Å². The second kappa shape index (κ2) is 5.74. The number of carbonyl (C=O) groups is 2. The van der Waals surface area contributed by atoms with Gasteiger partial charge in [-0.15, -0.1) is 5.10 Å². The van der Waals surface area contributed by atoms with Crippen molar-refractivity contribution in [3.63, 3.8) is 0 Å². The van der Waals surface area contributed by atoms with Gasteiger partial charge < -0.3 is 10.6 Å². The van der Waals surface area contributed by atoms with Gasteiger partial charge in [0.2, 0.25) is 5.91 Å². The summed E-state index contributed by atoms with van der Waals surface area (Å²) >= 11 is 0. The van der Waals surface area contributed by atoms with Crippen LogP contribution >= 0.6 is 0 Å². The van der Waals surface area contributed by atoms with E-state index in [4.69, 9.17) is 0 Å². The molecule has 1 atom stereocenters. The van der Waals surface area contributed by atoms with Crippen molar-refractivity contribution in [1.82, 2.24) is 25.6 Å². The highest BCUT2D eigenvalue weighted by Crippen LogP contribution is 2.06. The van der Waals surface area contributed by atoms with E-state index in [2.05, 4.69) is 20.8 Å². The predicted octanol–water partition coefficient (Wildman–Crippen LogP) is 0.276. The van der Waals surface area contributed by atoms with Crippen molar-refractivity contribution >= 4 is 11.8 Å². The van der Waals surface area contributed by atoms with Crippen molar-refractivity contribution in [3.05, 3.63) is 42.2 Å². The average molecular weight is 285 g/mol. The number of rotatable bonds is 3. The minimum atomic E-state index is -0.279. The molecular weight excluding hydrogens is 270 g/mol. The Morgan fingerprint density at radius 2 is 2.14 bits per heavy atom. The van der Waals surface area contributed by atoms with Gasteiger partial charge in [-0.3, -0.25) is 9.59 Å². The van der Waals surface area contributed by atoms with Crippen molar-refractivity contribution in [3.8, 4) is 5.69 Å². The van der Waals surface area contributed by atoms with Crippen LogP contribution in [-0.2, 0) is 4.79 Å². The van der Waals surface area contributed by atoms with E-state index >= 15 is 0 Å². The Morgan fingerprint density at radius 1 is 1.33 bits per heavy atom. The molecule has 3 rings (SSSR count). The second-order valence-electron chi connectivity index (χ2n) is 4.87. The maximum absolute atomic E-state index is 12.1. The Kier molecular flexibility index (Phi) is 3.63. The number of nitrogens with one attached hydrogen (secondary N) is 2. The number of carbonyl (C=O) groups excluding carboxylic acids is 2. The van der Waals surface area contributed by atoms with Gasteiger partial charge in [-0.1, -0.05) is 18.2 Å². The molecule has 1 unspecified atom stereocenters. The van der Waals surface area contributed by atoms with Gasteiger partial charge in [0.15, 0.2) is 5.69 Å². The molecule has 1 aromatic carbocycles. The second-order valence-corrected chi connectivity index (χ2v) is 4.87. The van der Waals surface area contributed by atoms with Crippen LogP contribution in [0.1, 0.15) is 23.3 Å². The smallest absolute Gasteiger partial charge is 0.273 e. The van der Waals surface area contributed by atoms with Gasteiger partial charge in [-0.2, -0.15) is 9.90 Å². The molecule has 2 heterocycles. The number of aromatic nitrogens is 3. The summed E-state index contributed by atoms with van der Waals surface area (Å²) < 4.78 is 0. The molecule has 2 amide bonds. The van der Waals surface area contributed by atoms with Crippen molar-refractivity contribution < 1.29 is 9.59 Å². The maximum Gasteiger partial charge on any atom is 0.273 e. The normalized spacial score (nSPS) is 18.1. The highest BCUT2D eigenvalue weighted by Gasteiger charge is 2.21. The molecule has 2 aromatic rings. The molecule has 1 saturated heterocycles. The van der Waals surface area contributed by atoms with Crippen LogP contribution in [0.2, 0.25) is 0 Å². The molecule has 1 aliphatic rings. The summed E-state index contributed by atoms with van der Waals surface area (Å²) in [6, 6.07) is 9.32. The summed E-state index contributed by atoms with van der Waals surface area (Å²) in [5.41, 5.74) is 1.05. The monoisotopic (exact) mass is 285 g/mol. The molecule has 0 aliphatic carbocycles. The zero-order valence-corrected chi connectivity index (χ0v) is 11.3. The minimum absolute atomic E-state index is 0.0236. The summed E-state index contributed by atoms with van der Waals surface area (Å²) in [4.78, 5) is 24.6. The Bertz CT molecular complexity index is 642. The summed E-state index contributed by atoms with van der Waals surface area (Å²) in [6.07, 6.45) is 2.51. The van der Waals surface area contributed by atoms with E-state index in [0.717, 1.165) is 5.69 Å². The molecule has 2 N–H and O–H groups in total. The first-order valence-corrected chi connectivity index (χ1v) is 6.78. The summed E-state index contributed by atoms with van der Waals surface area (Å²) in [5.74, 6) is -0.256. The first-order chi connectivity index (χ1) is 10.2. The number of amides is 2. The van der Waals surface area contributed by atoms with E-state index < -0.39 is 0 Å². The van der Waals surface area contributed by atoms with Gasteiger partial charge in [0.05, 0.1) is 11.9 Å². The summed E-state index contributed by atoms with van der Waals surface area (Å²) in [5, 5.41) is 13.8. The van der Waals surface area contributed by atoms with Gasteiger partial charge in [-0.25, -0.2) is 0 Å². The van der Waals surface area contributed by atoms with Crippen LogP contribution in [0, 0.1) is 0 Å². The molecule has 1 aromatic heterocycles. The fraction of sp³-hybridized carbons (Fsp3) is 0.286. The van der Waals surface area contributed by atoms with Crippen LogP contribution in [-0.4, -0.2) is 39.4 Å². The zero-order chi connectivity index (χ0) is 14.7. The lowest BCUT2D eigenvalue weighted by Crippen LogP contribution is -2.47. The number of para-hydroxylation sites is 1. The van der Waals surface area contributed by atoms with Crippen molar-refractivity contribution in [2.24, 2.45) is 0 Å². The van der Waals surface area contributed by atoms with Crippen LogP contribution < -0.4 is 10.6 Å². The van der Waals surface area contributed by atoms with Crippen LogP contribution in [0.25, 0.3) is 5.69 Å². The summed E-state index contributed by atoms with van der Waals surface area (Å²) in [6.45, 7) is 0.456. The lowest BCUT2D eigenvalue weighted by Gasteiger charge is -2.22. The number of benzene rings is 1. The van der Waals surface area contributed by atoms with Crippen LogP contribution in [0.3, 0.4) is 0 Å². The van der Waals surface area contributed by atoms with Gasteiger partial charge in [0.1, 0.15) is 0 Å². The van der Waals surface area contributed by atoms with Gasteiger partial charge in [-0.05, 0) is 18.6 Å². The molecule has 1 aliphatic heterocycles. The highest BCUT2D eigenvalue weighted by atomic mass is 16.2. The van der Waals surface area contributed by atoms with Crippen LogP contribution in [0.4, 0.5) is 0 Å². The molecule has 0 radical (unpaired) electrons. The van der Waals surface area contributed by atoms with E-state index in [1.165, 1.54) is 11.0 Å². The van der Waals surface area contributed by atoms with E-state index in [1.807, 2.05) is 30.3 Å². The van der Waals surface area contributed by atoms with Crippen molar-refractivity contribution in [2.45, 2.75) is 18.9 Å². The SMILES string of the molecule is O=C1CCC(NC(=O)c2cnn(-c3ccccc3)n2)CN1. The van der Waals surface area contributed by atoms with Crippen molar-refractivity contribution in [1.29, 1.82) is 0 Å². The third-order valence-corrected chi connectivity index (χ3v) is 3.31. The Hall–Kier alpha value is -2.70. The van der Waals surface area contributed by atoms with Crippen LogP contribution in [0.5, 0.6) is 0 Å². The Labute approximate surface area is 121 Å². The standard InChI is InChI=1S/C14H15N5O2/c20-13-7-6-10(8-15-13)17-14(21)12-9-16-19(18-12)11-4-2-1-3-5-11/h1-5,9-10H,6-8H2,(H,15,20)(H,17,21). The minimum Gasteiger partial charge on any atom is -0.354 e. The topological polar surface area (TPSA) is 88.9 Å². The van der Waals surface area contributed by atoms with Gasteiger partial charge in [0, 0.05) is 19.0 Å². The summed E-state index contributed by atoms with van der Waals surface area (Å²) in [7, 11) is 0. The largest absolute Gasteiger partial charge is 0.354 e. The van der Waals surface area contributed by atoms with E-state index in [9.17, 15) is 9.59 Å². The molecule has 108 valence electrons. The van der Waals surface area contributed by atoms with Gasteiger partial charge in [0.25, 0.3) is 5.91 Å². The lowest BCUT2D eigenvalue weighted by molar-refractivity contribution is -0.122. The quantitative estimate of drug-likeness (QED) is 0.847. The number of piperidine rings is 1. The third-order valence-electron chi connectivity index (χ3n) is 3.31. The first kappa shape index (κ1) is 13.3. The average Bonchev–Trinajstić information content (AvgIpc) is 3.00. The molecule has 7 heteroatoms. The molecule has 1 fully saturated rings. The lowest BCUT2D eigenvalue weighted by atomic mass is 10.1. The predicted molar refractivity (Wildman–Crippen MR) is 74.9 cm³/mol. The number of hydrogen-bond donors (Lipinski definition) is 2. The van der Waals surface area contributed by atoms with Gasteiger partial charge >= 0.3 is 0 Å². The van der Waals surface area contributed by atoms with E-state index in [-0.39, 0.29) is 23.6 Å². The molecule has 0 spiro atoms. The Morgan fingerprint density at radius 3 is 2.86 bits per heavy atom. The highest BCUT2D eigenvalue weighted by molar-refractivity contribution is 5.92. The maximum atomic E-state index is 12.1. The zero-order valence-electron chi connectivity index (χ0n) is 11.3. The van der Waals surface area contributed by atoms with E-state index in [0.29, 0.717) is 19.4 Å². The fourth-order valence-corrected chi connectivity index (χ4v) is 2.17.